The molecular formula is C20H19F3N2OS. The Morgan fingerprint density at radius 3 is 2.22 bits per heavy atom. The fourth-order valence-electron chi connectivity index (χ4n) is 2.76. The third kappa shape index (κ3) is 4.20. The highest BCUT2D eigenvalue weighted by Crippen LogP contribution is 2.34. The van der Waals surface area contributed by atoms with E-state index in [1.54, 1.807) is 48.2 Å². The summed E-state index contributed by atoms with van der Waals surface area (Å²) in [6.45, 7) is 1.86. The molecule has 1 unspecified atom stereocenters. The van der Waals surface area contributed by atoms with Crippen molar-refractivity contribution >= 4 is 11.8 Å². The summed E-state index contributed by atoms with van der Waals surface area (Å²) in [4.78, 5) is 1.03. The van der Waals surface area contributed by atoms with E-state index in [1.165, 1.54) is 4.68 Å². The first kappa shape index (κ1) is 19.5. The molecule has 0 aliphatic rings. The van der Waals surface area contributed by atoms with Crippen LogP contribution < -0.4 is 0 Å². The highest BCUT2D eigenvalue weighted by atomic mass is 32.2. The molecular weight excluding hydrogens is 373 g/mol. The molecule has 0 amide bonds. The second-order valence-electron chi connectivity index (χ2n) is 6.07. The molecule has 2 aromatic carbocycles. The number of aromatic nitrogens is 2. The zero-order valence-corrected chi connectivity index (χ0v) is 15.7. The second-order valence-corrected chi connectivity index (χ2v) is 6.95. The number of hydrogen-bond donors (Lipinski definition) is 1. The minimum Gasteiger partial charge on any atom is -0.388 e. The van der Waals surface area contributed by atoms with Gasteiger partial charge in [-0.2, -0.15) is 18.3 Å². The summed E-state index contributed by atoms with van der Waals surface area (Å²) in [5.41, 5.74) is 1.29. The summed E-state index contributed by atoms with van der Waals surface area (Å²) in [7, 11) is 0. The Morgan fingerprint density at radius 2 is 1.70 bits per heavy atom. The van der Waals surface area contributed by atoms with Gasteiger partial charge in [-0.1, -0.05) is 31.2 Å². The highest BCUT2D eigenvalue weighted by Gasteiger charge is 2.35. The Kier molecular flexibility index (Phi) is 5.62. The average Bonchev–Trinajstić information content (AvgIpc) is 3.13. The molecule has 27 heavy (non-hydrogen) atoms. The number of thioether (sulfide) groups is 1. The van der Waals surface area contributed by atoms with Crippen LogP contribution in [0.3, 0.4) is 0 Å². The van der Waals surface area contributed by atoms with Gasteiger partial charge in [0.15, 0.2) is 5.69 Å². The van der Waals surface area contributed by atoms with Gasteiger partial charge in [-0.15, -0.1) is 11.8 Å². The first-order chi connectivity index (χ1) is 12.8. The molecule has 0 fully saturated rings. The van der Waals surface area contributed by atoms with Crippen LogP contribution in [0.5, 0.6) is 0 Å². The zero-order valence-electron chi connectivity index (χ0n) is 14.9. The highest BCUT2D eigenvalue weighted by molar-refractivity contribution is 7.98. The van der Waals surface area contributed by atoms with Crippen LogP contribution in [0.1, 0.15) is 30.7 Å². The number of benzene rings is 2. The first-order valence-corrected chi connectivity index (χ1v) is 9.66. The maximum atomic E-state index is 13.2. The Labute approximate surface area is 159 Å². The van der Waals surface area contributed by atoms with Gasteiger partial charge in [-0.25, -0.2) is 4.68 Å². The lowest BCUT2D eigenvalue weighted by Gasteiger charge is -2.11. The lowest BCUT2D eigenvalue weighted by atomic mass is 10.1. The minimum atomic E-state index is -4.53. The smallest absolute Gasteiger partial charge is 0.388 e. The molecule has 0 saturated heterocycles. The van der Waals surface area contributed by atoms with E-state index >= 15 is 0 Å². The monoisotopic (exact) mass is 392 g/mol. The van der Waals surface area contributed by atoms with Crippen molar-refractivity contribution < 1.29 is 18.3 Å². The van der Waals surface area contributed by atoms with Crippen molar-refractivity contribution in [1.82, 2.24) is 9.78 Å². The summed E-state index contributed by atoms with van der Waals surface area (Å²) in [5, 5.41) is 13.7. The van der Waals surface area contributed by atoms with Crippen LogP contribution in [-0.2, 0) is 6.18 Å². The van der Waals surface area contributed by atoms with Gasteiger partial charge in [0, 0.05) is 10.5 Å². The maximum Gasteiger partial charge on any atom is 0.435 e. The molecule has 1 N–H and O–H groups in total. The number of halogens is 3. The van der Waals surface area contributed by atoms with E-state index in [4.69, 9.17) is 0 Å². The van der Waals surface area contributed by atoms with Crippen molar-refractivity contribution in [3.8, 4) is 16.9 Å². The average molecular weight is 392 g/mol. The zero-order chi connectivity index (χ0) is 19.6. The van der Waals surface area contributed by atoms with Crippen molar-refractivity contribution in [2.45, 2.75) is 30.5 Å². The molecule has 0 aliphatic heterocycles. The van der Waals surface area contributed by atoms with Gasteiger partial charge in [0.1, 0.15) is 0 Å². The standard InChI is InChI=1S/C20H19F3N2OS/c1-3-18(26)14-4-8-15(9-5-14)25-17(12-19(24-25)20(21,22)23)13-6-10-16(27-2)11-7-13/h4-12,18,26H,3H2,1-2H3. The topological polar surface area (TPSA) is 38.0 Å². The molecule has 1 aromatic heterocycles. The van der Waals surface area contributed by atoms with Crippen molar-refractivity contribution in [2.75, 3.05) is 6.26 Å². The minimum absolute atomic E-state index is 0.360. The summed E-state index contributed by atoms with van der Waals surface area (Å²) in [6.07, 6.45) is -2.63. The molecule has 3 rings (SSSR count). The Morgan fingerprint density at radius 1 is 1.07 bits per heavy atom. The predicted octanol–water partition coefficient (Wildman–Crippen LogP) is 5.72. The third-order valence-electron chi connectivity index (χ3n) is 4.29. The van der Waals surface area contributed by atoms with Crippen LogP contribution in [0.4, 0.5) is 13.2 Å². The van der Waals surface area contributed by atoms with Crippen molar-refractivity contribution in [3.05, 3.63) is 65.9 Å². The van der Waals surface area contributed by atoms with Gasteiger partial charge in [0.05, 0.1) is 17.5 Å². The maximum absolute atomic E-state index is 13.2. The number of hydrogen-bond acceptors (Lipinski definition) is 3. The van der Waals surface area contributed by atoms with Crippen molar-refractivity contribution in [2.24, 2.45) is 0 Å². The van der Waals surface area contributed by atoms with Gasteiger partial charge < -0.3 is 5.11 Å². The molecule has 142 valence electrons. The van der Waals surface area contributed by atoms with Gasteiger partial charge in [0.25, 0.3) is 0 Å². The van der Waals surface area contributed by atoms with E-state index in [0.29, 0.717) is 23.4 Å². The summed E-state index contributed by atoms with van der Waals surface area (Å²) < 4.78 is 41.0. The fraction of sp³-hybridized carbons (Fsp3) is 0.250. The second kappa shape index (κ2) is 7.78. The summed E-state index contributed by atoms with van der Waals surface area (Å²) in [5.74, 6) is 0. The Balaban J connectivity index is 2.08. The number of aliphatic hydroxyl groups is 1. The quantitative estimate of drug-likeness (QED) is 0.564. The van der Waals surface area contributed by atoms with E-state index < -0.39 is 18.0 Å². The van der Waals surface area contributed by atoms with Gasteiger partial charge in [-0.05, 0) is 48.6 Å². The molecule has 3 aromatic rings. The van der Waals surface area contributed by atoms with E-state index in [-0.39, 0.29) is 0 Å². The van der Waals surface area contributed by atoms with Crippen LogP contribution >= 0.6 is 11.8 Å². The van der Waals surface area contributed by atoms with Gasteiger partial charge >= 0.3 is 6.18 Å². The molecule has 7 heteroatoms. The Bertz CT molecular complexity index is 902. The van der Waals surface area contributed by atoms with Crippen molar-refractivity contribution in [3.63, 3.8) is 0 Å². The van der Waals surface area contributed by atoms with Crippen LogP contribution in [-0.4, -0.2) is 21.1 Å². The lowest BCUT2D eigenvalue weighted by Crippen LogP contribution is -2.07. The number of rotatable bonds is 5. The number of alkyl halides is 3. The number of aliphatic hydroxyl groups excluding tert-OH is 1. The van der Waals surface area contributed by atoms with Crippen LogP contribution in [0.25, 0.3) is 16.9 Å². The molecule has 1 atom stereocenters. The van der Waals surface area contributed by atoms with Crippen molar-refractivity contribution in [1.29, 1.82) is 0 Å². The van der Waals surface area contributed by atoms with E-state index in [2.05, 4.69) is 5.10 Å². The van der Waals surface area contributed by atoms with E-state index in [9.17, 15) is 18.3 Å². The molecule has 3 nitrogen and oxygen atoms in total. The largest absolute Gasteiger partial charge is 0.435 e. The first-order valence-electron chi connectivity index (χ1n) is 8.43. The summed E-state index contributed by atoms with van der Waals surface area (Å²) >= 11 is 1.56. The van der Waals surface area contributed by atoms with E-state index in [1.807, 2.05) is 25.3 Å². The number of nitrogens with zero attached hydrogens (tertiary/aromatic N) is 2. The van der Waals surface area contributed by atoms with E-state index in [0.717, 1.165) is 16.5 Å². The van der Waals surface area contributed by atoms with Crippen LogP contribution in [0.2, 0.25) is 0 Å². The van der Waals surface area contributed by atoms with Crippen LogP contribution in [0.15, 0.2) is 59.5 Å². The molecule has 0 bridgehead atoms. The van der Waals surface area contributed by atoms with Gasteiger partial charge in [-0.3, -0.25) is 0 Å². The molecule has 1 heterocycles. The fourth-order valence-corrected chi connectivity index (χ4v) is 3.17. The van der Waals surface area contributed by atoms with Gasteiger partial charge in [0.2, 0.25) is 0 Å². The van der Waals surface area contributed by atoms with Crippen LogP contribution in [0, 0.1) is 0 Å². The molecule has 0 spiro atoms. The molecule has 0 radical (unpaired) electrons. The normalized spacial score (nSPS) is 13.0. The lowest BCUT2D eigenvalue weighted by molar-refractivity contribution is -0.141. The Hall–Kier alpha value is -2.25. The third-order valence-corrected chi connectivity index (χ3v) is 5.04. The SMILES string of the molecule is CCC(O)c1ccc(-n2nc(C(F)(F)F)cc2-c2ccc(SC)cc2)cc1. The predicted molar refractivity (Wildman–Crippen MR) is 101 cm³/mol. The molecule has 0 saturated carbocycles. The molecule has 0 aliphatic carbocycles. The summed E-state index contributed by atoms with van der Waals surface area (Å²) in [6, 6.07) is 15.1.